The highest BCUT2D eigenvalue weighted by atomic mass is 19.3. The number of nitrogens with one attached hydrogen (secondary N) is 1. The van der Waals surface area contributed by atoms with Gasteiger partial charge >= 0.3 is 6.61 Å². The molecule has 0 amide bonds. The van der Waals surface area contributed by atoms with E-state index in [1.807, 2.05) is 6.07 Å². The lowest BCUT2D eigenvalue weighted by atomic mass is 9.93. The third-order valence-corrected chi connectivity index (χ3v) is 3.62. The number of para-hydroxylation sites is 1. The first kappa shape index (κ1) is 13.1. The van der Waals surface area contributed by atoms with Gasteiger partial charge in [-0.3, -0.25) is 5.84 Å². The van der Waals surface area contributed by atoms with Crippen LogP contribution in [-0.2, 0) is 12.8 Å². The molecule has 3 rings (SSSR count). The van der Waals surface area contributed by atoms with Crippen LogP contribution in [0, 0.1) is 0 Å². The molecule has 0 saturated heterocycles. The molecule has 0 atom stereocenters. The Morgan fingerprint density at radius 2 is 2.05 bits per heavy atom. The molecule has 1 aromatic carbocycles. The second-order valence-corrected chi connectivity index (χ2v) is 4.79. The van der Waals surface area contributed by atoms with Gasteiger partial charge in [0.05, 0.1) is 5.69 Å². The van der Waals surface area contributed by atoms with E-state index < -0.39 is 6.61 Å². The number of fused-ring (bicyclic) bond motifs is 2. The Balaban J connectivity index is 2.25. The summed E-state index contributed by atoms with van der Waals surface area (Å²) in [5, 5.41) is 0.714. The Labute approximate surface area is 114 Å². The van der Waals surface area contributed by atoms with Gasteiger partial charge in [0.2, 0.25) is 0 Å². The lowest BCUT2D eigenvalue weighted by Gasteiger charge is -2.21. The van der Waals surface area contributed by atoms with Crippen LogP contribution < -0.4 is 16.0 Å². The molecule has 0 aliphatic heterocycles. The molecule has 1 aliphatic carbocycles. The second-order valence-electron chi connectivity index (χ2n) is 4.79. The fourth-order valence-corrected chi connectivity index (χ4v) is 2.77. The Bertz CT molecular complexity index is 646. The Kier molecular flexibility index (Phi) is 3.40. The summed E-state index contributed by atoms with van der Waals surface area (Å²) in [6.07, 6.45) is 3.87. The molecule has 0 spiro atoms. The minimum atomic E-state index is -2.87. The molecule has 1 aliphatic rings. The number of anilines is 1. The number of nitrogens with zero attached hydrogens (tertiary/aromatic N) is 1. The maximum Gasteiger partial charge on any atom is 0.387 e. The van der Waals surface area contributed by atoms with Crippen LogP contribution in [0.15, 0.2) is 18.2 Å². The summed E-state index contributed by atoms with van der Waals surface area (Å²) in [4.78, 5) is 4.52. The van der Waals surface area contributed by atoms with E-state index in [4.69, 9.17) is 5.84 Å². The van der Waals surface area contributed by atoms with Crippen molar-refractivity contribution >= 4 is 16.6 Å². The van der Waals surface area contributed by atoms with Crippen LogP contribution in [0.4, 0.5) is 14.5 Å². The van der Waals surface area contributed by atoms with Crippen molar-refractivity contribution in [1.29, 1.82) is 0 Å². The monoisotopic (exact) mass is 279 g/mol. The molecule has 1 aromatic heterocycles. The molecule has 1 heterocycles. The number of nitrogens with two attached hydrogens (primary N) is 1. The standard InChI is InChI=1S/C14H15F2N3O/c15-14(16)20-11-7-3-5-9-12(19-17)8-4-1-2-6-10(8)18-13(9)11/h3,5,7,14H,1-2,4,6,17H2,(H,18,19). The molecule has 20 heavy (non-hydrogen) atoms. The van der Waals surface area contributed by atoms with Gasteiger partial charge in [-0.1, -0.05) is 12.1 Å². The van der Waals surface area contributed by atoms with Gasteiger partial charge in [-0.2, -0.15) is 8.78 Å². The van der Waals surface area contributed by atoms with Crippen LogP contribution in [-0.4, -0.2) is 11.6 Å². The van der Waals surface area contributed by atoms with Gasteiger partial charge < -0.3 is 10.2 Å². The number of benzene rings is 1. The van der Waals surface area contributed by atoms with E-state index in [9.17, 15) is 8.78 Å². The quantitative estimate of drug-likeness (QED) is 0.670. The maximum absolute atomic E-state index is 12.5. The predicted molar refractivity (Wildman–Crippen MR) is 72.8 cm³/mol. The van der Waals surface area contributed by atoms with Crippen molar-refractivity contribution in [2.75, 3.05) is 5.43 Å². The van der Waals surface area contributed by atoms with Crippen LogP contribution >= 0.6 is 0 Å². The van der Waals surface area contributed by atoms with Crippen LogP contribution in [0.25, 0.3) is 10.9 Å². The Morgan fingerprint density at radius 3 is 2.80 bits per heavy atom. The molecule has 4 nitrogen and oxygen atoms in total. The number of aryl methyl sites for hydroxylation is 1. The van der Waals surface area contributed by atoms with Gasteiger partial charge in [0.15, 0.2) is 5.75 Å². The van der Waals surface area contributed by atoms with E-state index in [-0.39, 0.29) is 5.75 Å². The fourth-order valence-electron chi connectivity index (χ4n) is 2.77. The Hall–Kier alpha value is -1.95. The zero-order chi connectivity index (χ0) is 14.1. The summed E-state index contributed by atoms with van der Waals surface area (Å²) in [6, 6.07) is 4.97. The lowest BCUT2D eigenvalue weighted by molar-refractivity contribution is -0.0489. The summed E-state index contributed by atoms with van der Waals surface area (Å²) >= 11 is 0. The van der Waals surface area contributed by atoms with Crippen LogP contribution in [0.2, 0.25) is 0 Å². The van der Waals surface area contributed by atoms with Crippen molar-refractivity contribution in [3.8, 4) is 5.75 Å². The number of alkyl halides is 2. The molecule has 6 heteroatoms. The summed E-state index contributed by atoms with van der Waals surface area (Å²) in [5.74, 6) is 5.71. The Morgan fingerprint density at radius 1 is 1.25 bits per heavy atom. The molecular weight excluding hydrogens is 264 g/mol. The van der Waals surface area contributed by atoms with Gasteiger partial charge in [0, 0.05) is 11.1 Å². The van der Waals surface area contributed by atoms with E-state index in [2.05, 4.69) is 15.1 Å². The van der Waals surface area contributed by atoms with Gasteiger partial charge in [0.1, 0.15) is 5.52 Å². The molecular formula is C14H15F2N3O. The number of hydrazine groups is 1. The van der Waals surface area contributed by atoms with Crippen molar-refractivity contribution in [2.45, 2.75) is 32.3 Å². The first-order valence-corrected chi connectivity index (χ1v) is 6.56. The highest BCUT2D eigenvalue weighted by molar-refractivity contribution is 5.96. The number of rotatable bonds is 3. The highest BCUT2D eigenvalue weighted by Gasteiger charge is 2.20. The van der Waals surface area contributed by atoms with Crippen molar-refractivity contribution in [2.24, 2.45) is 5.84 Å². The van der Waals surface area contributed by atoms with Gasteiger partial charge in [-0.15, -0.1) is 0 Å². The van der Waals surface area contributed by atoms with E-state index in [1.165, 1.54) is 6.07 Å². The van der Waals surface area contributed by atoms with Crippen molar-refractivity contribution in [1.82, 2.24) is 4.98 Å². The normalized spacial score (nSPS) is 14.4. The molecule has 0 radical (unpaired) electrons. The van der Waals surface area contributed by atoms with E-state index >= 15 is 0 Å². The highest BCUT2D eigenvalue weighted by Crippen LogP contribution is 2.36. The third-order valence-electron chi connectivity index (χ3n) is 3.62. The van der Waals surface area contributed by atoms with Crippen molar-refractivity contribution in [3.63, 3.8) is 0 Å². The number of aromatic nitrogens is 1. The smallest absolute Gasteiger partial charge is 0.387 e. The van der Waals surface area contributed by atoms with Crippen LogP contribution in [0.3, 0.4) is 0 Å². The number of nitrogen functional groups attached to an aromatic ring is 1. The minimum absolute atomic E-state index is 0.0855. The second kappa shape index (κ2) is 5.20. The largest absolute Gasteiger partial charge is 0.432 e. The van der Waals surface area contributed by atoms with Gasteiger partial charge in [-0.05, 0) is 37.3 Å². The number of ether oxygens (including phenoxy) is 1. The molecule has 2 aromatic rings. The summed E-state index contributed by atoms with van der Waals surface area (Å²) in [5.41, 5.74) is 5.90. The zero-order valence-electron chi connectivity index (χ0n) is 10.8. The molecule has 106 valence electrons. The maximum atomic E-state index is 12.5. The SMILES string of the molecule is NNc1c2c(nc3c(OC(F)F)cccc13)CCCC2. The van der Waals surface area contributed by atoms with E-state index in [0.29, 0.717) is 10.9 Å². The molecule has 0 fully saturated rings. The first-order valence-electron chi connectivity index (χ1n) is 6.56. The van der Waals surface area contributed by atoms with Crippen molar-refractivity contribution in [3.05, 3.63) is 29.5 Å². The van der Waals surface area contributed by atoms with Crippen molar-refractivity contribution < 1.29 is 13.5 Å². The number of pyridine rings is 1. The van der Waals surface area contributed by atoms with Gasteiger partial charge in [0.25, 0.3) is 0 Å². The predicted octanol–water partition coefficient (Wildman–Crippen LogP) is 3.00. The van der Waals surface area contributed by atoms with E-state index in [1.54, 1.807) is 6.07 Å². The summed E-state index contributed by atoms with van der Waals surface area (Å²) < 4.78 is 29.5. The van der Waals surface area contributed by atoms with Crippen LogP contribution in [0.5, 0.6) is 5.75 Å². The summed E-state index contributed by atoms with van der Waals surface area (Å²) in [7, 11) is 0. The third kappa shape index (κ3) is 2.16. The van der Waals surface area contributed by atoms with E-state index in [0.717, 1.165) is 42.6 Å². The summed E-state index contributed by atoms with van der Waals surface area (Å²) in [6.45, 7) is -2.87. The number of hydrogen-bond donors (Lipinski definition) is 2. The lowest BCUT2D eigenvalue weighted by Crippen LogP contribution is -2.15. The molecule has 0 bridgehead atoms. The number of halogens is 2. The zero-order valence-corrected chi connectivity index (χ0v) is 10.8. The molecule has 0 unspecified atom stereocenters. The average Bonchev–Trinajstić information content (AvgIpc) is 2.45. The average molecular weight is 279 g/mol. The van der Waals surface area contributed by atoms with Gasteiger partial charge in [-0.25, -0.2) is 4.98 Å². The topological polar surface area (TPSA) is 60.2 Å². The number of hydrogen-bond acceptors (Lipinski definition) is 4. The first-order chi connectivity index (χ1) is 9.70. The minimum Gasteiger partial charge on any atom is -0.432 e. The molecule has 3 N–H and O–H groups in total. The fraction of sp³-hybridized carbons (Fsp3) is 0.357. The van der Waals surface area contributed by atoms with Crippen LogP contribution in [0.1, 0.15) is 24.1 Å². The molecule has 0 saturated carbocycles.